The highest BCUT2D eigenvalue weighted by molar-refractivity contribution is 5.29. The summed E-state index contributed by atoms with van der Waals surface area (Å²) >= 11 is 0. The van der Waals surface area contributed by atoms with E-state index >= 15 is 0 Å². The molecule has 0 amide bonds. The molecule has 102 valence electrons. The number of rotatable bonds is 7. The SMILES string of the molecule is C#CCOCCOC(c1ccccc1)c1ccccc1. The molecule has 0 fully saturated rings. The lowest BCUT2D eigenvalue weighted by Gasteiger charge is -2.18. The first-order valence-electron chi connectivity index (χ1n) is 6.64. The van der Waals surface area contributed by atoms with E-state index in [1.54, 1.807) is 0 Å². The molecule has 0 aromatic heterocycles. The molecule has 0 spiro atoms. The third kappa shape index (κ3) is 4.24. The molecule has 0 atom stereocenters. The first-order chi connectivity index (χ1) is 9.92. The molecule has 0 unspecified atom stereocenters. The number of ether oxygens (including phenoxy) is 2. The quantitative estimate of drug-likeness (QED) is 0.564. The van der Waals surface area contributed by atoms with Crippen LogP contribution in [0.1, 0.15) is 17.2 Å². The fourth-order valence-electron chi connectivity index (χ4n) is 2.00. The summed E-state index contributed by atoms with van der Waals surface area (Å²) in [5, 5.41) is 0. The highest BCUT2D eigenvalue weighted by Gasteiger charge is 2.13. The van der Waals surface area contributed by atoms with E-state index in [1.165, 1.54) is 0 Å². The average Bonchev–Trinajstić information content (AvgIpc) is 2.53. The number of hydrogen-bond acceptors (Lipinski definition) is 2. The molecule has 0 aliphatic carbocycles. The van der Waals surface area contributed by atoms with Crippen LogP contribution in [0.15, 0.2) is 60.7 Å². The van der Waals surface area contributed by atoms with Crippen molar-refractivity contribution in [2.75, 3.05) is 19.8 Å². The molecule has 0 saturated heterocycles. The number of terminal acetylenes is 1. The zero-order valence-electron chi connectivity index (χ0n) is 11.4. The Bertz CT molecular complexity index is 489. The van der Waals surface area contributed by atoms with Crippen molar-refractivity contribution in [3.63, 3.8) is 0 Å². The van der Waals surface area contributed by atoms with Gasteiger partial charge in [-0.2, -0.15) is 0 Å². The third-order valence-corrected chi connectivity index (χ3v) is 2.90. The van der Waals surface area contributed by atoms with Crippen LogP contribution in [0.2, 0.25) is 0 Å². The Labute approximate surface area is 120 Å². The van der Waals surface area contributed by atoms with E-state index in [0.717, 1.165) is 11.1 Å². The fraction of sp³-hybridized carbons (Fsp3) is 0.222. The minimum absolute atomic E-state index is 0.0770. The summed E-state index contributed by atoms with van der Waals surface area (Å²) < 4.78 is 11.2. The van der Waals surface area contributed by atoms with Gasteiger partial charge in [0.1, 0.15) is 12.7 Å². The molecule has 2 aromatic rings. The topological polar surface area (TPSA) is 18.5 Å². The summed E-state index contributed by atoms with van der Waals surface area (Å²) in [5.74, 6) is 2.44. The van der Waals surface area contributed by atoms with Crippen molar-refractivity contribution >= 4 is 0 Å². The molecule has 2 rings (SSSR count). The lowest BCUT2D eigenvalue weighted by atomic mass is 10.0. The maximum Gasteiger partial charge on any atom is 0.108 e. The highest BCUT2D eigenvalue weighted by atomic mass is 16.5. The summed E-state index contributed by atoms with van der Waals surface area (Å²) in [5.41, 5.74) is 2.27. The molecule has 0 heterocycles. The zero-order valence-corrected chi connectivity index (χ0v) is 11.4. The lowest BCUT2D eigenvalue weighted by molar-refractivity contribution is 0.0284. The molecule has 2 heteroatoms. The molecule has 0 saturated carbocycles. The molecule has 0 bridgehead atoms. The van der Waals surface area contributed by atoms with Crippen LogP contribution < -0.4 is 0 Å². The highest BCUT2D eigenvalue weighted by Crippen LogP contribution is 2.25. The predicted molar refractivity (Wildman–Crippen MR) is 80.3 cm³/mol. The molecule has 0 aliphatic heterocycles. The second-order valence-electron chi connectivity index (χ2n) is 4.33. The van der Waals surface area contributed by atoms with E-state index in [9.17, 15) is 0 Å². The second-order valence-corrected chi connectivity index (χ2v) is 4.33. The Balaban J connectivity index is 2.04. The third-order valence-electron chi connectivity index (χ3n) is 2.90. The molecule has 0 N–H and O–H groups in total. The Morgan fingerprint density at radius 3 is 1.90 bits per heavy atom. The first kappa shape index (κ1) is 14.3. The second kappa shape index (κ2) is 8.16. The Hall–Kier alpha value is -2.08. The Morgan fingerprint density at radius 2 is 1.40 bits per heavy atom. The predicted octanol–water partition coefficient (Wildman–Crippen LogP) is 3.44. The van der Waals surface area contributed by atoms with Gasteiger partial charge in [-0.3, -0.25) is 0 Å². The number of benzene rings is 2. The zero-order chi connectivity index (χ0) is 14.0. The van der Waals surface area contributed by atoms with Crippen molar-refractivity contribution in [1.82, 2.24) is 0 Å². The molecular weight excluding hydrogens is 248 g/mol. The van der Waals surface area contributed by atoms with Crippen LogP contribution >= 0.6 is 0 Å². The molecule has 0 radical (unpaired) electrons. The van der Waals surface area contributed by atoms with E-state index in [-0.39, 0.29) is 6.10 Å². The van der Waals surface area contributed by atoms with E-state index < -0.39 is 0 Å². The van der Waals surface area contributed by atoms with E-state index in [1.807, 2.05) is 36.4 Å². The van der Waals surface area contributed by atoms with Crippen molar-refractivity contribution in [1.29, 1.82) is 0 Å². The van der Waals surface area contributed by atoms with Gasteiger partial charge in [-0.25, -0.2) is 0 Å². The van der Waals surface area contributed by atoms with E-state index in [4.69, 9.17) is 15.9 Å². The van der Waals surface area contributed by atoms with Crippen LogP contribution in [0.3, 0.4) is 0 Å². The normalized spacial score (nSPS) is 10.4. The van der Waals surface area contributed by atoms with Crippen LogP contribution in [0.25, 0.3) is 0 Å². The van der Waals surface area contributed by atoms with Gasteiger partial charge in [0, 0.05) is 0 Å². The van der Waals surface area contributed by atoms with Gasteiger partial charge in [-0.05, 0) is 11.1 Å². The largest absolute Gasteiger partial charge is 0.366 e. The Kier molecular flexibility index (Phi) is 5.85. The minimum Gasteiger partial charge on any atom is -0.366 e. The van der Waals surface area contributed by atoms with Crippen LogP contribution in [-0.4, -0.2) is 19.8 Å². The van der Waals surface area contributed by atoms with Crippen LogP contribution in [0.5, 0.6) is 0 Å². The van der Waals surface area contributed by atoms with Gasteiger partial charge in [0.15, 0.2) is 0 Å². The smallest absolute Gasteiger partial charge is 0.108 e. The minimum atomic E-state index is -0.0770. The summed E-state index contributed by atoms with van der Waals surface area (Å²) in [4.78, 5) is 0. The number of hydrogen-bond donors (Lipinski definition) is 0. The van der Waals surface area contributed by atoms with Gasteiger partial charge >= 0.3 is 0 Å². The van der Waals surface area contributed by atoms with Crippen molar-refractivity contribution in [2.24, 2.45) is 0 Å². The van der Waals surface area contributed by atoms with Crippen molar-refractivity contribution < 1.29 is 9.47 Å². The van der Waals surface area contributed by atoms with E-state index in [0.29, 0.717) is 19.8 Å². The van der Waals surface area contributed by atoms with Crippen LogP contribution in [0, 0.1) is 12.3 Å². The average molecular weight is 266 g/mol. The lowest BCUT2D eigenvalue weighted by Crippen LogP contribution is -2.11. The summed E-state index contributed by atoms with van der Waals surface area (Å²) in [6.45, 7) is 1.33. The van der Waals surface area contributed by atoms with Crippen LogP contribution in [-0.2, 0) is 9.47 Å². The van der Waals surface area contributed by atoms with Crippen molar-refractivity contribution in [2.45, 2.75) is 6.10 Å². The summed E-state index contributed by atoms with van der Waals surface area (Å²) in [6, 6.07) is 20.4. The Morgan fingerprint density at radius 1 is 0.850 bits per heavy atom. The van der Waals surface area contributed by atoms with Gasteiger partial charge in [0.05, 0.1) is 13.2 Å². The van der Waals surface area contributed by atoms with Gasteiger partial charge in [-0.15, -0.1) is 6.42 Å². The maximum atomic E-state index is 5.97. The van der Waals surface area contributed by atoms with Crippen LogP contribution in [0.4, 0.5) is 0 Å². The van der Waals surface area contributed by atoms with Gasteiger partial charge in [0.25, 0.3) is 0 Å². The van der Waals surface area contributed by atoms with Gasteiger partial charge < -0.3 is 9.47 Å². The van der Waals surface area contributed by atoms with Crippen molar-refractivity contribution in [3.8, 4) is 12.3 Å². The van der Waals surface area contributed by atoms with Crippen molar-refractivity contribution in [3.05, 3.63) is 71.8 Å². The molecule has 2 aromatic carbocycles. The molecule has 20 heavy (non-hydrogen) atoms. The summed E-state index contributed by atoms with van der Waals surface area (Å²) in [6.07, 6.45) is 5.06. The van der Waals surface area contributed by atoms with Gasteiger partial charge in [-0.1, -0.05) is 66.6 Å². The summed E-state index contributed by atoms with van der Waals surface area (Å²) in [7, 11) is 0. The van der Waals surface area contributed by atoms with E-state index in [2.05, 4.69) is 30.2 Å². The fourth-order valence-corrected chi connectivity index (χ4v) is 2.00. The first-order valence-corrected chi connectivity index (χ1v) is 6.64. The standard InChI is InChI=1S/C18H18O2/c1-2-13-19-14-15-20-18(16-9-5-3-6-10-16)17-11-7-4-8-12-17/h1,3-12,18H,13-15H2. The molecular formula is C18H18O2. The van der Waals surface area contributed by atoms with Gasteiger partial charge in [0.2, 0.25) is 0 Å². The molecule has 2 nitrogen and oxygen atoms in total. The monoisotopic (exact) mass is 266 g/mol. The maximum absolute atomic E-state index is 5.97. The molecule has 0 aliphatic rings.